The molecule has 1 N–H and O–H groups in total. The molecule has 2 aromatic carbocycles. The van der Waals surface area contributed by atoms with Gasteiger partial charge in [0, 0.05) is 5.56 Å². The van der Waals surface area contributed by atoms with Crippen LogP contribution in [0.15, 0.2) is 60.7 Å². The lowest BCUT2D eigenvalue weighted by Crippen LogP contribution is -2.29. The number of hydrogen-bond donors (Lipinski definition) is 1. The number of hydrogen-bond acceptors (Lipinski definition) is 9. The maximum atomic E-state index is 13.6. The first-order chi connectivity index (χ1) is 19.5. The molecular weight excluding hydrogens is 544 g/mol. The Morgan fingerprint density at radius 3 is 2.49 bits per heavy atom. The number of carbonyl (C=O) groups excluding carboxylic acids is 3. The second-order valence-corrected chi connectivity index (χ2v) is 11.7. The van der Waals surface area contributed by atoms with E-state index in [0.29, 0.717) is 41.5 Å². The Labute approximate surface area is 241 Å². The zero-order valence-corrected chi connectivity index (χ0v) is 24.0. The molecule has 0 saturated carbocycles. The van der Waals surface area contributed by atoms with Crippen molar-refractivity contribution >= 4 is 39.9 Å². The molecule has 0 radical (unpaired) electrons. The third-order valence-electron chi connectivity index (χ3n) is 6.86. The molecule has 1 fully saturated rings. The minimum atomic E-state index is -1.00. The molecule has 41 heavy (non-hydrogen) atoms. The Morgan fingerprint density at radius 1 is 1.15 bits per heavy atom. The lowest BCUT2D eigenvalue weighted by atomic mass is 9.85. The fraction of sp³-hybridized carbons (Fsp3) is 0.290. The van der Waals surface area contributed by atoms with Crippen LogP contribution < -0.4 is 14.4 Å². The van der Waals surface area contributed by atoms with Gasteiger partial charge in [-0.15, -0.1) is 0 Å². The topological polar surface area (TPSA) is 115 Å². The zero-order chi connectivity index (χ0) is 29.5. The normalized spacial score (nSPS) is 18.0. The van der Waals surface area contributed by atoms with Crippen molar-refractivity contribution < 1.29 is 33.7 Å². The van der Waals surface area contributed by atoms with Gasteiger partial charge in [-0.2, -0.15) is 0 Å². The fourth-order valence-corrected chi connectivity index (χ4v) is 5.72. The molecule has 3 heterocycles. The lowest BCUT2D eigenvalue weighted by molar-refractivity contribution is -0.132. The summed E-state index contributed by atoms with van der Waals surface area (Å²) in [5.74, 6) is -1.74. The molecule has 1 amide bonds. The summed E-state index contributed by atoms with van der Waals surface area (Å²) in [6.45, 7) is 12.2. The predicted molar refractivity (Wildman–Crippen MR) is 155 cm³/mol. The number of Topliss-reactive ketones (excluding diaryl/α,β-unsaturated/α-hetero) is 1. The molecule has 3 aromatic rings. The molecule has 5 rings (SSSR count). The first-order valence-corrected chi connectivity index (χ1v) is 13.9. The van der Waals surface area contributed by atoms with Gasteiger partial charge in [0.25, 0.3) is 5.78 Å². The number of aliphatic hydroxyl groups excluding tert-OH is 1. The van der Waals surface area contributed by atoms with E-state index in [1.807, 2.05) is 24.3 Å². The quantitative estimate of drug-likeness (QED) is 0.135. The molecule has 9 nitrogen and oxygen atoms in total. The first kappa shape index (κ1) is 28.1. The predicted octanol–water partition coefficient (Wildman–Crippen LogP) is 5.49. The zero-order valence-electron chi connectivity index (χ0n) is 23.2. The summed E-state index contributed by atoms with van der Waals surface area (Å²) < 4.78 is 16.4. The second-order valence-electron chi connectivity index (χ2n) is 10.7. The van der Waals surface area contributed by atoms with Crippen LogP contribution in [0.2, 0.25) is 0 Å². The molecule has 0 spiro atoms. The van der Waals surface area contributed by atoms with Crippen molar-refractivity contribution in [2.24, 2.45) is 0 Å². The molecule has 0 bridgehead atoms. The van der Waals surface area contributed by atoms with E-state index in [4.69, 9.17) is 14.2 Å². The number of ether oxygens (including phenoxy) is 3. The van der Waals surface area contributed by atoms with Crippen molar-refractivity contribution in [1.82, 2.24) is 4.98 Å². The number of benzene rings is 2. The highest BCUT2D eigenvalue weighted by Gasteiger charge is 2.48. The summed E-state index contributed by atoms with van der Waals surface area (Å²) in [5.41, 5.74) is 2.09. The fourth-order valence-electron chi connectivity index (χ4n) is 4.73. The number of aromatic nitrogens is 1. The number of aliphatic hydroxyl groups is 1. The number of ketones is 1. The summed E-state index contributed by atoms with van der Waals surface area (Å²) in [6, 6.07) is 11.4. The monoisotopic (exact) mass is 574 g/mol. The van der Waals surface area contributed by atoms with Crippen LogP contribution in [0, 0.1) is 6.92 Å². The number of rotatable bonds is 6. The van der Waals surface area contributed by atoms with E-state index in [1.165, 1.54) is 11.0 Å². The molecule has 2 aliphatic heterocycles. The number of nitrogens with zero attached hydrogens (tertiary/aromatic N) is 2. The van der Waals surface area contributed by atoms with Crippen molar-refractivity contribution in [2.75, 3.05) is 24.7 Å². The molecule has 1 saturated heterocycles. The Balaban J connectivity index is 1.65. The highest BCUT2D eigenvalue weighted by Crippen LogP contribution is 2.45. The van der Waals surface area contributed by atoms with Crippen LogP contribution in [0.3, 0.4) is 0 Å². The highest BCUT2D eigenvalue weighted by molar-refractivity contribution is 7.17. The summed E-state index contributed by atoms with van der Waals surface area (Å²) in [6.07, 6.45) is 1.45. The number of fused-ring (bicyclic) bond motifs is 1. The van der Waals surface area contributed by atoms with Crippen molar-refractivity contribution in [3.8, 4) is 11.5 Å². The van der Waals surface area contributed by atoms with Gasteiger partial charge in [-0.25, -0.2) is 9.78 Å². The molecule has 2 aliphatic rings. The summed E-state index contributed by atoms with van der Waals surface area (Å²) in [4.78, 5) is 45.7. The largest absolute Gasteiger partial charge is 0.507 e. The maximum Gasteiger partial charge on any atom is 0.350 e. The van der Waals surface area contributed by atoms with Gasteiger partial charge in [-0.1, -0.05) is 69.0 Å². The SMILES string of the molecule is C=CCOC(=O)c1sc(N2C(=O)C(=O)C(=C(O)c3ccc4c(c3)OCCO4)C2c2ccc(C(C)(C)C)cc2)nc1C. The van der Waals surface area contributed by atoms with E-state index in [2.05, 4.69) is 32.3 Å². The number of aryl methyl sites for hydroxylation is 1. The van der Waals surface area contributed by atoms with Crippen LogP contribution in [0.25, 0.3) is 5.76 Å². The van der Waals surface area contributed by atoms with Crippen LogP contribution in [-0.2, 0) is 19.7 Å². The van der Waals surface area contributed by atoms with Crippen molar-refractivity contribution in [3.63, 3.8) is 0 Å². The second kappa shape index (κ2) is 10.9. The van der Waals surface area contributed by atoms with E-state index < -0.39 is 23.7 Å². The molecule has 0 aliphatic carbocycles. The number of thiazole rings is 1. The van der Waals surface area contributed by atoms with Crippen LogP contribution in [0.5, 0.6) is 11.5 Å². The molecule has 10 heteroatoms. The summed E-state index contributed by atoms with van der Waals surface area (Å²) in [5, 5.41) is 11.7. The Kier molecular flexibility index (Phi) is 7.44. The first-order valence-electron chi connectivity index (χ1n) is 13.1. The van der Waals surface area contributed by atoms with Gasteiger partial charge in [0.1, 0.15) is 30.5 Å². The number of esters is 1. The molecule has 1 unspecified atom stereocenters. The molecule has 1 atom stereocenters. The van der Waals surface area contributed by atoms with Gasteiger partial charge in [-0.05, 0) is 41.7 Å². The third kappa shape index (κ3) is 5.22. The van der Waals surface area contributed by atoms with Gasteiger partial charge in [0.2, 0.25) is 0 Å². The van der Waals surface area contributed by atoms with Crippen molar-refractivity contribution in [1.29, 1.82) is 0 Å². The minimum absolute atomic E-state index is 0.0195. The van der Waals surface area contributed by atoms with Gasteiger partial charge in [0.05, 0.1) is 17.3 Å². The van der Waals surface area contributed by atoms with Crippen molar-refractivity contribution in [3.05, 3.63) is 88.0 Å². The van der Waals surface area contributed by atoms with Crippen molar-refractivity contribution in [2.45, 2.75) is 39.2 Å². The van der Waals surface area contributed by atoms with Crippen LogP contribution in [-0.4, -0.2) is 47.6 Å². The van der Waals surface area contributed by atoms with Crippen LogP contribution in [0.4, 0.5) is 5.13 Å². The van der Waals surface area contributed by atoms with E-state index >= 15 is 0 Å². The average molecular weight is 575 g/mol. The highest BCUT2D eigenvalue weighted by atomic mass is 32.1. The molecule has 1 aromatic heterocycles. The van der Waals surface area contributed by atoms with E-state index in [0.717, 1.165) is 16.9 Å². The number of carbonyl (C=O) groups is 3. The van der Waals surface area contributed by atoms with Crippen LogP contribution >= 0.6 is 11.3 Å². The Bertz CT molecular complexity index is 1580. The Morgan fingerprint density at radius 2 is 1.83 bits per heavy atom. The van der Waals surface area contributed by atoms with Crippen LogP contribution in [0.1, 0.15) is 58.9 Å². The summed E-state index contributed by atoms with van der Waals surface area (Å²) >= 11 is 0.947. The van der Waals surface area contributed by atoms with Gasteiger partial charge < -0.3 is 19.3 Å². The average Bonchev–Trinajstić information content (AvgIpc) is 3.46. The summed E-state index contributed by atoms with van der Waals surface area (Å²) in [7, 11) is 0. The lowest BCUT2D eigenvalue weighted by Gasteiger charge is -2.25. The van der Waals surface area contributed by atoms with Gasteiger partial charge >= 0.3 is 11.9 Å². The number of amides is 1. The standard InChI is InChI=1S/C31H30N2O7S/c1-6-13-40-29(37)27-17(2)32-30(41-27)33-24(18-7-10-20(11-8-18)31(3,4)5)23(26(35)28(33)36)25(34)19-9-12-21-22(16-19)39-15-14-38-21/h6-12,16,24,34H,1,13-15H2,2-5H3. The van der Waals surface area contributed by atoms with E-state index in [9.17, 15) is 19.5 Å². The minimum Gasteiger partial charge on any atom is -0.507 e. The third-order valence-corrected chi connectivity index (χ3v) is 8.00. The smallest absolute Gasteiger partial charge is 0.350 e. The van der Waals surface area contributed by atoms with Gasteiger partial charge in [0.15, 0.2) is 16.6 Å². The molecular formula is C31H30N2O7S. The van der Waals surface area contributed by atoms with Gasteiger partial charge in [-0.3, -0.25) is 14.5 Å². The maximum absolute atomic E-state index is 13.6. The molecule has 212 valence electrons. The Hall–Kier alpha value is -4.44. The number of anilines is 1. The van der Waals surface area contributed by atoms with E-state index in [-0.39, 0.29) is 33.4 Å². The van der Waals surface area contributed by atoms with E-state index in [1.54, 1.807) is 25.1 Å².